The lowest BCUT2D eigenvalue weighted by atomic mass is 10.0. The highest BCUT2D eigenvalue weighted by molar-refractivity contribution is 9.10. The van der Waals surface area contributed by atoms with E-state index in [0.717, 1.165) is 6.42 Å². The summed E-state index contributed by atoms with van der Waals surface area (Å²) < 4.78 is 27.3. The van der Waals surface area contributed by atoms with Crippen LogP contribution in [0.5, 0.6) is 0 Å². The van der Waals surface area contributed by atoms with Gasteiger partial charge in [0, 0.05) is 5.56 Å². The molecular formula is C14H11BrF2. The van der Waals surface area contributed by atoms with Crippen molar-refractivity contribution in [3.8, 4) is 11.1 Å². The molecule has 0 aliphatic carbocycles. The predicted octanol–water partition coefficient (Wildman–Crippen LogP) is 4.96. The molecule has 2 rings (SSSR count). The van der Waals surface area contributed by atoms with Crippen molar-refractivity contribution < 1.29 is 8.78 Å². The Kier molecular flexibility index (Phi) is 3.57. The van der Waals surface area contributed by atoms with Gasteiger partial charge in [-0.3, -0.25) is 0 Å². The van der Waals surface area contributed by atoms with Crippen LogP contribution in [0.4, 0.5) is 8.78 Å². The van der Waals surface area contributed by atoms with E-state index in [1.807, 2.05) is 24.3 Å². The summed E-state index contributed by atoms with van der Waals surface area (Å²) in [6, 6.07) is 10.6. The van der Waals surface area contributed by atoms with Crippen LogP contribution >= 0.6 is 15.9 Å². The molecule has 2 aromatic rings. The Balaban J connectivity index is 2.49. The van der Waals surface area contributed by atoms with E-state index < -0.39 is 11.6 Å². The van der Waals surface area contributed by atoms with Gasteiger partial charge in [-0.25, -0.2) is 8.78 Å². The average molecular weight is 297 g/mol. The second kappa shape index (κ2) is 4.96. The minimum absolute atomic E-state index is 0.143. The maximum Gasteiger partial charge on any atom is 0.173 e. The van der Waals surface area contributed by atoms with Crippen LogP contribution in [0.15, 0.2) is 40.9 Å². The standard InChI is InChI=1S/C14H11BrF2/c1-2-9-3-5-10(6-4-9)11-7-8-12(15)14(17)13(11)16/h3-8H,2H2,1H3. The van der Waals surface area contributed by atoms with E-state index in [2.05, 4.69) is 22.9 Å². The molecule has 0 bridgehead atoms. The largest absolute Gasteiger partial charge is 0.203 e. The number of hydrogen-bond acceptors (Lipinski definition) is 0. The Labute approximate surface area is 107 Å². The van der Waals surface area contributed by atoms with E-state index in [9.17, 15) is 8.78 Å². The van der Waals surface area contributed by atoms with Gasteiger partial charge in [-0.2, -0.15) is 0 Å². The average Bonchev–Trinajstić information content (AvgIpc) is 2.36. The summed E-state index contributed by atoms with van der Waals surface area (Å²) >= 11 is 2.96. The highest BCUT2D eigenvalue weighted by Gasteiger charge is 2.12. The van der Waals surface area contributed by atoms with Crippen LogP contribution in [0, 0.1) is 11.6 Å². The number of hydrogen-bond donors (Lipinski definition) is 0. The van der Waals surface area contributed by atoms with Crippen molar-refractivity contribution in [2.24, 2.45) is 0 Å². The summed E-state index contributed by atoms with van der Waals surface area (Å²) in [6.07, 6.45) is 0.928. The van der Waals surface area contributed by atoms with Gasteiger partial charge in [-0.1, -0.05) is 37.3 Å². The normalized spacial score (nSPS) is 10.6. The van der Waals surface area contributed by atoms with Gasteiger partial charge >= 0.3 is 0 Å². The Morgan fingerprint density at radius 3 is 2.18 bits per heavy atom. The molecule has 0 spiro atoms. The number of aryl methyl sites for hydroxylation is 1. The minimum atomic E-state index is -0.845. The van der Waals surface area contributed by atoms with Crippen molar-refractivity contribution >= 4 is 15.9 Å². The highest BCUT2D eigenvalue weighted by Crippen LogP contribution is 2.28. The Hall–Kier alpha value is -1.22. The maximum atomic E-state index is 13.7. The van der Waals surface area contributed by atoms with Gasteiger partial charge in [-0.15, -0.1) is 0 Å². The SMILES string of the molecule is CCc1ccc(-c2ccc(Br)c(F)c2F)cc1. The Morgan fingerprint density at radius 2 is 1.59 bits per heavy atom. The molecular weight excluding hydrogens is 286 g/mol. The van der Waals surface area contributed by atoms with Crippen molar-refractivity contribution in [2.45, 2.75) is 13.3 Å². The second-order valence-electron chi connectivity index (χ2n) is 3.77. The first-order valence-electron chi connectivity index (χ1n) is 5.36. The summed E-state index contributed by atoms with van der Waals surface area (Å²) in [4.78, 5) is 0. The predicted molar refractivity (Wildman–Crippen MR) is 68.9 cm³/mol. The maximum absolute atomic E-state index is 13.7. The van der Waals surface area contributed by atoms with E-state index in [0.29, 0.717) is 5.56 Å². The van der Waals surface area contributed by atoms with Crippen molar-refractivity contribution in [1.29, 1.82) is 0 Å². The molecule has 0 atom stereocenters. The third-order valence-corrected chi connectivity index (χ3v) is 3.32. The van der Waals surface area contributed by atoms with Crippen LogP contribution in [0.25, 0.3) is 11.1 Å². The Morgan fingerprint density at radius 1 is 0.941 bits per heavy atom. The lowest BCUT2D eigenvalue weighted by Gasteiger charge is -2.06. The molecule has 0 nitrogen and oxygen atoms in total. The fourth-order valence-corrected chi connectivity index (χ4v) is 1.98. The molecule has 0 heterocycles. The third kappa shape index (κ3) is 2.39. The first kappa shape index (κ1) is 12.2. The first-order chi connectivity index (χ1) is 8.13. The molecule has 0 unspecified atom stereocenters. The monoisotopic (exact) mass is 296 g/mol. The molecule has 0 radical (unpaired) electrons. The number of benzene rings is 2. The van der Waals surface area contributed by atoms with E-state index in [1.165, 1.54) is 11.6 Å². The van der Waals surface area contributed by atoms with Gasteiger partial charge in [-0.05, 0) is 39.5 Å². The fourth-order valence-electron chi connectivity index (χ4n) is 1.67. The van der Waals surface area contributed by atoms with Crippen molar-refractivity contribution in [2.75, 3.05) is 0 Å². The van der Waals surface area contributed by atoms with Crippen LogP contribution in [0.1, 0.15) is 12.5 Å². The fraction of sp³-hybridized carbons (Fsp3) is 0.143. The Bertz CT molecular complexity index is 533. The molecule has 0 saturated heterocycles. The van der Waals surface area contributed by atoms with Crippen LogP contribution in [0.2, 0.25) is 0 Å². The first-order valence-corrected chi connectivity index (χ1v) is 6.15. The molecule has 88 valence electrons. The zero-order valence-corrected chi connectivity index (χ0v) is 10.9. The molecule has 17 heavy (non-hydrogen) atoms. The van der Waals surface area contributed by atoms with Gasteiger partial charge in [0.05, 0.1) is 4.47 Å². The molecule has 0 fully saturated rings. The highest BCUT2D eigenvalue weighted by atomic mass is 79.9. The van der Waals surface area contributed by atoms with Gasteiger partial charge < -0.3 is 0 Å². The summed E-state index contributed by atoms with van der Waals surface area (Å²) in [5.74, 6) is -1.66. The zero-order valence-electron chi connectivity index (χ0n) is 9.31. The molecule has 0 aromatic heterocycles. The van der Waals surface area contributed by atoms with Crippen molar-refractivity contribution in [3.05, 3.63) is 58.1 Å². The molecule has 2 aromatic carbocycles. The van der Waals surface area contributed by atoms with E-state index >= 15 is 0 Å². The van der Waals surface area contributed by atoms with Crippen molar-refractivity contribution in [3.63, 3.8) is 0 Å². The van der Waals surface area contributed by atoms with Gasteiger partial charge in [0.25, 0.3) is 0 Å². The summed E-state index contributed by atoms with van der Waals surface area (Å²) in [5, 5.41) is 0. The van der Waals surface area contributed by atoms with E-state index in [4.69, 9.17) is 0 Å². The van der Waals surface area contributed by atoms with E-state index in [-0.39, 0.29) is 10.0 Å². The lowest BCUT2D eigenvalue weighted by Crippen LogP contribution is -1.91. The van der Waals surface area contributed by atoms with Crippen LogP contribution in [0.3, 0.4) is 0 Å². The zero-order chi connectivity index (χ0) is 12.4. The summed E-state index contributed by atoms with van der Waals surface area (Å²) in [6.45, 7) is 2.05. The van der Waals surface area contributed by atoms with Gasteiger partial charge in [0.15, 0.2) is 11.6 Å². The second-order valence-corrected chi connectivity index (χ2v) is 4.63. The van der Waals surface area contributed by atoms with Gasteiger partial charge in [0.2, 0.25) is 0 Å². The quantitative estimate of drug-likeness (QED) is 0.687. The third-order valence-electron chi connectivity index (χ3n) is 2.71. The molecule has 0 N–H and O–H groups in total. The molecule has 0 saturated carbocycles. The molecule has 0 amide bonds. The van der Waals surface area contributed by atoms with Crippen LogP contribution in [-0.2, 0) is 6.42 Å². The van der Waals surface area contributed by atoms with E-state index in [1.54, 1.807) is 6.07 Å². The lowest BCUT2D eigenvalue weighted by molar-refractivity contribution is 0.507. The van der Waals surface area contributed by atoms with Crippen LogP contribution in [-0.4, -0.2) is 0 Å². The smallest absolute Gasteiger partial charge is 0.173 e. The number of rotatable bonds is 2. The van der Waals surface area contributed by atoms with Crippen LogP contribution < -0.4 is 0 Å². The van der Waals surface area contributed by atoms with Gasteiger partial charge in [0.1, 0.15) is 0 Å². The minimum Gasteiger partial charge on any atom is -0.203 e. The van der Waals surface area contributed by atoms with Crippen molar-refractivity contribution in [1.82, 2.24) is 0 Å². The topological polar surface area (TPSA) is 0 Å². The molecule has 0 aliphatic rings. The number of halogens is 3. The summed E-state index contributed by atoms with van der Waals surface area (Å²) in [7, 11) is 0. The molecule has 3 heteroatoms. The summed E-state index contributed by atoms with van der Waals surface area (Å²) in [5.41, 5.74) is 2.14. The molecule has 0 aliphatic heterocycles.